The van der Waals surface area contributed by atoms with E-state index in [2.05, 4.69) is 53.2 Å². The van der Waals surface area contributed by atoms with Crippen LogP contribution in [0.4, 0.5) is 0 Å². The normalized spacial score (nSPS) is 16.3. The van der Waals surface area contributed by atoms with E-state index in [1.807, 2.05) is 10.6 Å². The molecule has 0 aromatic heterocycles. The molecule has 688 valence electrons. The topological polar surface area (TPSA) is 731 Å². The van der Waals surface area contributed by atoms with Gasteiger partial charge in [-0.1, -0.05) is 73.9 Å². The van der Waals surface area contributed by atoms with Crippen molar-refractivity contribution in [3.8, 4) is 17.2 Å². The molecule has 1 aliphatic rings. The first-order chi connectivity index (χ1) is 57.5. The molecule has 0 aliphatic carbocycles. The molecule has 1 aliphatic heterocycles. The number of aromatic hydroxyl groups is 2. The number of amides is 14. The second kappa shape index (κ2) is 51.0. The van der Waals surface area contributed by atoms with E-state index in [1.54, 1.807) is 27.7 Å². The number of methoxy groups -OCH3 is 1. The molecule has 123 heavy (non-hydrogen) atoms. The highest BCUT2D eigenvalue weighted by Gasteiger charge is 2.44. The van der Waals surface area contributed by atoms with Crippen LogP contribution in [0.25, 0.3) is 0 Å². The highest BCUT2D eigenvalue weighted by atomic mass is 31.2. The van der Waals surface area contributed by atoms with E-state index >= 15 is 0 Å². The summed E-state index contributed by atoms with van der Waals surface area (Å²) in [6, 6.07) is -14.6. The maximum atomic E-state index is 14.9. The summed E-state index contributed by atoms with van der Waals surface area (Å²) in [4.78, 5) is 255. The summed E-state index contributed by atoms with van der Waals surface area (Å²) >= 11 is 0. The maximum Gasteiger partial charge on any atom is 0.469 e. The third-order valence-corrected chi connectivity index (χ3v) is 20.2. The second-order valence-corrected chi connectivity index (χ2v) is 31.9. The van der Waals surface area contributed by atoms with Crippen LogP contribution in [0.1, 0.15) is 138 Å². The molecule has 16 atom stereocenters. The number of carbonyl (C=O) groups is 17. The van der Waals surface area contributed by atoms with Gasteiger partial charge in [0.15, 0.2) is 0 Å². The number of aliphatic hydroxyl groups excluding tert-OH is 3. The van der Waals surface area contributed by atoms with Gasteiger partial charge in [0.25, 0.3) is 0 Å². The zero-order valence-electron chi connectivity index (χ0n) is 70.2. The van der Waals surface area contributed by atoms with Crippen LogP contribution in [0, 0.1) is 23.7 Å². The first kappa shape index (κ1) is 106. The van der Waals surface area contributed by atoms with Crippen LogP contribution in [0.5, 0.6) is 17.2 Å². The minimum atomic E-state index is -5.50. The average molecular weight is 1770 g/mol. The van der Waals surface area contributed by atoms with Crippen molar-refractivity contribution in [3.05, 3.63) is 53.6 Å². The molecule has 0 unspecified atom stereocenters. The number of hydrogen-bond donors (Lipinski definition) is 24. The van der Waals surface area contributed by atoms with E-state index in [0.29, 0.717) is 10.5 Å². The van der Waals surface area contributed by atoms with E-state index in [0.717, 1.165) is 17.9 Å². The van der Waals surface area contributed by atoms with Gasteiger partial charge in [-0.05, 0) is 112 Å². The minimum absolute atomic E-state index is 0.0666. The van der Waals surface area contributed by atoms with E-state index in [9.17, 15) is 137 Å². The van der Waals surface area contributed by atoms with E-state index in [1.165, 1.54) is 78.1 Å². The molecule has 46 nitrogen and oxygen atoms in total. The summed E-state index contributed by atoms with van der Waals surface area (Å²) in [6.45, 7) is 8.83. The number of phosphoric acid groups is 1. The predicted octanol–water partition coefficient (Wildman–Crippen LogP) is -6.12. The molecule has 0 spiro atoms. The number of phenols is 2. The van der Waals surface area contributed by atoms with Gasteiger partial charge < -0.3 is 140 Å². The van der Waals surface area contributed by atoms with E-state index in [4.69, 9.17) is 20.7 Å². The Morgan fingerprint density at radius 2 is 1.04 bits per heavy atom. The number of carboxylic acids is 3. The molecule has 0 saturated carbocycles. The van der Waals surface area contributed by atoms with Crippen LogP contribution < -0.4 is 80.0 Å². The second-order valence-electron chi connectivity index (χ2n) is 30.6. The van der Waals surface area contributed by atoms with E-state index in [-0.39, 0.29) is 75.1 Å². The molecule has 47 heteroatoms. The third-order valence-electron chi connectivity index (χ3n) is 19.7. The van der Waals surface area contributed by atoms with Crippen molar-refractivity contribution in [2.45, 2.75) is 231 Å². The van der Waals surface area contributed by atoms with Gasteiger partial charge in [0, 0.05) is 37.6 Å². The maximum absolute atomic E-state index is 14.9. The Balaban J connectivity index is 1.99. The SMILES string of the molecule is CC[C@H](C)[C@H](NC(=O)[C@H](CCC(=O)O)NC(=O)[C@H](C)N)C(=O)N[C@H](C(=O)N[C@@H](Cc1ccc(O)cc1)C(=O)N[C@@H](CCCCN)C(=O)N[C@@H](COP(=O)(O)O)C(=O)N1CCC[C@H]1C(=O)N[C@H](C(=O)N[C@H](C(=O)N[C@@H](CO)C(=O)N(CC(=O)N[C@@H](CC(=O)O)C(=O)N[C@H](C(=O)N[C@@H](CO)C(=O)O)[C@@H](C)O)Cc1ccc(OC)cc1O)C(C)C)C(C)C)C(C)C. The molecule has 2 aromatic rings. The molecular formula is C76H119N16O30P. The number of rotatable bonds is 53. The number of aliphatic carboxylic acids is 3. The number of carbonyl (C=O) groups excluding carboxylic acids is 14. The van der Waals surface area contributed by atoms with Crippen molar-refractivity contribution in [2.75, 3.05) is 46.6 Å². The molecule has 1 heterocycles. The lowest BCUT2D eigenvalue weighted by molar-refractivity contribution is -0.145. The number of phosphoric ester groups is 1. The van der Waals surface area contributed by atoms with Crippen molar-refractivity contribution in [3.63, 3.8) is 0 Å². The van der Waals surface area contributed by atoms with Crippen molar-refractivity contribution >= 4 is 108 Å². The number of benzene rings is 2. The molecule has 0 radical (unpaired) electrons. The van der Waals surface area contributed by atoms with Crippen LogP contribution in [0.2, 0.25) is 0 Å². The summed E-state index contributed by atoms with van der Waals surface area (Å²) in [7, 11) is -4.24. The summed E-state index contributed by atoms with van der Waals surface area (Å²) in [5.41, 5.74) is 11.8. The van der Waals surface area contributed by atoms with Gasteiger partial charge in [-0.15, -0.1) is 0 Å². The molecular weight excluding hydrogens is 1650 g/mol. The third kappa shape index (κ3) is 34.9. The number of aliphatic hydroxyl groups is 3. The molecule has 26 N–H and O–H groups in total. The zero-order chi connectivity index (χ0) is 93.2. The zero-order valence-corrected chi connectivity index (χ0v) is 71.1. The number of phenolic OH excluding ortho intramolecular Hbond substituents is 2. The lowest BCUT2D eigenvalue weighted by Crippen LogP contribution is -2.62. The number of nitrogens with one attached hydrogen (secondary N) is 12. The van der Waals surface area contributed by atoms with Crippen LogP contribution in [-0.4, -0.2) is 298 Å². The standard InChI is InChI=1S/C76H119N16O30P/c1-12-39(8)61(89-65(105)47(24-25-56(99)100)80-63(103)40(9)78)72(112)88-58(36(2)3)69(109)82-48(28-42-18-21-44(96)22-19-42)66(106)81-46(16-13-14-26-77)64(104)85-52(35-122-123(118,119)120)75(115)92-27-15-17-53(92)68(108)86-60(38(6)7)71(111)87-59(37(4)5)70(110)83-50(33-93)74(114)91(31-43-20-23-45(121-11)29-54(43)97)32-55(98)79-49(30-57(101)102)67(107)90-62(41(10)95)73(113)84-51(34-94)76(116)117/h18-23,29,36-41,46-53,58-62,93-97H,12-17,24-28,30-35,77-78H2,1-11H3,(H,79,98)(H,80,103)(H,81,106)(H,82,109)(H,83,110)(H,84,113)(H,85,104)(H,86,108)(H,87,111)(H,88,112)(H,89,105)(H,90,107)(H,99,100)(H,101,102)(H,116,117)(H2,118,119,120)/t39-,40-,41+,46-,47-,48-,49-,50-,51-,52-,53-,58-,59-,60-,61-,62-/m0/s1. The Morgan fingerprint density at radius 3 is 1.54 bits per heavy atom. The number of nitrogens with zero attached hydrogens (tertiary/aromatic N) is 2. The van der Waals surface area contributed by atoms with Gasteiger partial charge in [0.05, 0.1) is 52.0 Å². The molecule has 1 saturated heterocycles. The molecule has 0 bridgehead atoms. The fourth-order valence-corrected chi connectivity index (χ4v) is 12.8. The average Bonchev–Trinajstić information content (AvgIpc) is 1.81. The lowest BCUT2D eigenvalue weighted by atomic mass is 9.95. The fourth-order valence-electron chi connectivity index (χ4n) is 12.4. The molecule has 3 rings (SSSR count). The highest BCUT2D eigenvalue weighted by molar-refractivity contribution is 7.46. The van der Waals surface area contributed by atoms with Crippen LogP contribution in [0.3, 0.4) is 0 Å². The summed E-state index contributed by atoms with van der Waals surface area (Å²) in [6.07, 6.45) is -4.05. The van der Waals surface area contributed by atoms with Gasteiger partial charge in [-0.2, -0.15) is 0 Å². The number of ether oxygens (including phenoxy) is 1. The number of nitrogens with two attached hydrogens (primary N) is 2. The molecule has 14 amide bonds. The Hall–Kier alpha value is -11.3. The quantitative estimate of drug-likeness (QED) is 0.0216. The molecule has 1 fully saturated rings. The van der Waals surface area contributed by atoms with Gasteiger partial charge in [-0.25, -0.2) is 9.36 Å². The Kier molecular flexibility index (Phi) is 43.9. The van der Waals surface area contributed by atoms with Gasteiger partial charge in [0.2, 0.25) is 82.7 Å². The van der Waals surface area contributed by atoms with Gasteiger partial charge in [0.1, 0.15) is 95.8 Å². The van der Waals surface area contributed by atoms with Crippen molar-refractivity contribution in [1.82, 2.24) is 73.6 Å². The van der Waals surface area contributed by atoms with Gasteiger partial charge >= 0.3 is 25.7 Å². The summed E-state index contributed by atoms with van der Waals surface area (Å²) in [5.74, 6) is -24.1. The molecule has 2 aromatic carbocycles. The van der Waals surface area contributed by atoms with Crippen molar-refractivity contribution in [1.29, 1.82) is 0 Å². The smallest absolute Gasteiger partial charge is 0.469 e. The summed E-state index contributed by atoms with van der Waals surface area (Å²) in [5, 5.41) is 109. The Labute approximate surface area is 708 Å². The van der Waals surface area contributed by atoms with Crippen molar-refractivity contribution in [2.24, 2.45) is 35.1 Å². The highest BCUT2D eigenvalue weighted by Crippen LogP contribution is 2.36. The number of likely N-dealkylation sites (tertiary alicyclic amines) is 1. The van der Waals surface area contributed by atoms with Gasteiger partial charge in [-0.3, -0.25) is 81.2 Å². The minimum Gasteiger partial charge on any atom is -0.508 e. The number of hydrogen-bond acceptors (Lipinski definition) is 27. The van der Waals surface area contributed by atoms with Crippen LogP contribution in [-0.2, 0) is 104 Å². The first-order valence-corrected chi connectivity index (χ1v) is 41.1. The predicted molar refractivity (Wildman–Crippen MR) is 431 cm³/mol. The summed E-state index contributed by atoms with van der Waals surface area (Å²) < 4.78 is 22.2. The monoisotopic (exact) mass is 1770 g/mol. The van der Waals surface area contributed by atoms with Crippen molar-refractivity contribution < 1.29 is 146 Å². The largest absolute Gasteiger partial charge is 0.508 e. The fraction of sp³-hybridized carbons (Fsp3) is 0.618. The number of unbranched alkanes of at least 4 members (excludes halogenated alkanes) is 1. The lowest BCUT2D eigenvalue weighted by Gasteiger charge is -2.32. The van der Waals surface area contributed by atoms with Crippen LogP contribution in [0.15, 0.2) is 42.5 Å². The Morgan fingerprint density at radius 1 is 0.561 bits per heavy atom. The van der Waals surface area contributed by atoms with E-state index < -0.39 is 281 Å². The van der Waals surface area contributed by atoms with Crippen LogP contribution >= 0.6 is 7.82 Å². The Bertz CT molecular complexity index is 4060. The number of carboxylic acid groups (broad SMARTS) is 3. The first-order valence-electron chi connectivity index (χ1n) is 39.6.